The summed E-state index contributed by atoms with van der Waals surface area (Å²) in [6.45, 7) is 0. The lowest BCUT2D eigenvalue weighted by Gasteiger charge is -1.99. The van der Waals surface area contributed by atoms with Crippen molar-refractivity contribution in [3.8, 4) is 0 Å². The topological polar surface area (TPSA) is 127 Å². The Balaban J connectivity index is 4.26. The molecule has 0 spiro atoms. The first-order valence-corrected chi connectivity index (χ1v) is 4.52. The van der Waals surface area contributed by atoms with Crippen molar-refractivity contribution in [1.29, 1.82) is 0 Å². The molecule has 0 fully saturated rings. The van der Waals surface area contributed by atoms with Crippen molar-refractivity contribution in [3.05, 3.63) is 0 Å². The van der Waals surface area contributed by atoms with Gasteiger partial charge in [-0.3, -0.25) is 4.55 Å². The number of nitrogens with two attached hydrogens (primary N) is 1. The van der Waals surface area contributed by atoms with E-state index in [-0.39, 0.29) is 0 Å². The van der Waals surface area contributed by atoms with Gasteiger partial charge in [-0.05, 0) is 0 Å². The van der Waals surface area contributed by atoms with Gasteiger partial charge in [0, 0.05) is 0 Å². The molecule has 0 aliphatic rings. The zero-order chi connectivity index (χ0) is 7.71. The van der Waals surface area contributed by atoms with Crippen molar-refractivity contribution < 1.29 is 26.4 Å². The summed E-state index contributed by atoms with van der Waals surface area (Å²) in [5.41, 5.74) is 4.17. The summed E-state index contributed by atoms with van der Waals surface area (Å²) in [6.07, 6.45) is 0. The molecule has 0 aromatic rings. The van der Waals surface area contributed by atoms with Gasteiger partial charge in [-0.2, -0.15) is 12.4 Å². The highest BCUT2D eigenvalue weighted by Crippen LogP contribution is 2.32. The van der Waals surface area contributed by atoms with Crippen molar-refractivity contribution in [2.75, 3.05) is 0 Å². The Bertz CT molecular complexity index is 219. The van der Waals surface area contributed by atoms with Crippen LogP contribution in [0.3, 0.4) is 0 Å². The quantitative estimate of drug-likeness (QED) is 0.359. The van der Waals surface area contributed by atoms with E-state index in [1.807, 2.05) is 0 Å². The molecule has 0 heterocycles. The molecule has 1 atom stereocenters. The molecule has 4 N–H and O–H groups in total. The van der Waals surface area contributed by atoms with E-state index in [1.165, 1.54) is 0 Å². The normalized spacial score (nSPS) is 19.0. The smallest absolute Gasteiger partial charge is 0.312 e. The highest BCUT2D eigenvalue weighted by atomic mass is 32.3. The van der Waals surface area contributed by atoms with Crippen LogP contribution in [-0.4, -0.2) is 17.9 Å². The van der Waals surface area contributed by atoms with Crippen molar-refractivity contribution in [2.45, 2.75) is 0 Å². The Hall–Kier alpha value is 0.0200. The zero-order valence-electron chi connectivity index (χ0n) is 3.96. The van der Waals surface area contributed by atoms with Gasteiger partial charge in [-0.25, -0.2) is 10.1 Å². The Morgan fingerprint density at radius 2 is 1.89 bits per heavy atom. The molecule has 0 aromatic heterocycles. The Morgan fingerprint density at radius 3 is 1.89 bits per heavy atom. The fourth-order valence-corrected chi connectivity index (χ4v) is 1.21. The molecule has 0 aromatic carbocycles. The number of rotatable bonds is 2. The summed E-state index contributed by atoms with van der Waals surface area (Å²) < 4.78 is 39.7. The Labute approximate surface area is 51.0 Å². The van der Waals surface area contributed by atoms with E-state index in [9.17, 15) is 13.0 Å². The first kappa shape index (κ1) is 9.02. The van der Waals surface area contributed by atoms with Crippen LogP contribution in [0.1, 0.15) is 0 Å². The molecule has 1 unspecified atom stereocenters. The van der Waals surface area contributed by atoms with Gasteiger partial charge in [0.2, 0.25) is 0 Å². The van der Waals surface area contributed by atoms with Crippen LogP contribution in [0.25, 0.3) is 0 Å². The summed E-state index contributed by atoms with van der Waals surface area (Å²) in [5.74, 6) is 0. The molecule has 0 amide bonds. The number of hydrogen-bond donors (Lipinski definition) is 3. The van der Waals surface area contributed by atoms with Gasteiger partial charge < -0.3 is 4.89 Å². The molecular weight excluding hydrogens is 173 g/mol. The maximum absolute atomic E-state index is 9.80. The van der Waals surface area contributed by atoms with Crippen LogP contribution < -0.4 is 5.50 Å². The molecule has 7 nitrogen and oxygen atoms in total. The third-order valence-corrected chi connectivity index (χ3v) is 1.81. The largest absolute Gasteiger partial charge is 0.416 e. The van der Waals surface area contributed by atoms with Crippen LogP contribution in [0.4, 0.5) is 0 Å². The van der Waals surface area contributed by atoms with E-state index in [4.69, 9.17) is 9.45 Å². The van der Waals surface area contributed by atoms with Gasteiger partial charge in [0.05, 0.1) is 0 Å². The second-order valence-corrected chi connectivity index (χ2v) is 3.65. The molecule has 9 heavy (non-hydrogen) atoms. The fraction of sp³-hybridized carbons (Fsp3) is 0. The summed E-state index contributed by atoms with van der Waals surface area (Å²) in [6, 6.07) is 0. The molecule has 0 saturated heterocycles. The summed E-state index contributed by atoms with van der Waals surface area (Å²) in [5, 5.41) is 0. The lowest BCUT2D eigenvalue weighted by molar-refractivity contribution is 0.339. The average Bonchev–Trinajstić information content (AvgIpc) is 1.14. The zero-order valence-corrected chi connectivity index (χ0v) is 5.67. The molecule has 0 bridgehead atoms. The van der Waals surface area contributed by atoms with E-state index in [0.29, 0.717) is 0 Å². The van der Waals surface area contributed by atoms with E-state index >= 15 is 0 Å². The summed E-state index contributed by atoms with van der Waals surface area (Å²) in [4.78, 5) is 7.93. The molecule has 0 aliphatic heterocycles. The maximum Gasteiger partial charge on any atom is 0.416 e. The lowest BCUT2D eigenvalue weighted by atomic mass is 13.9. The first-order chi connectivity index (χ1) is 3.71. The van der Waals surface area contributed by atoms with Gasteiger partial charge in [0.1, 0.15) is 0 Å². The lowest BCUT2D eigenvalue weighted by Crippen LogP contribution is -2.05. The molecule has 0 radical (unpaired) electrons. The summed E-state index contributed by atoms with van der Waals surface area (Å²) in [7, 11) is -9.55. The number of hydrogen-bond acceptors (Lipinski definition) is 4. The predicted octanol–water partition coefficient (Wildman–Crippen LogP) is -1.14. The van der Waals surface area contributed by atoms with Crippen molar-refractivity contribution in [2.24, 2.45) is 5.50 Å². The van der Waals surface area contributed by atoms with Crippen molar-refractivity contribution >= 4 is 18.1 Å². The Kier molecular flexibility index (Phi) is 2.34. The first-order valence-electron chi connectivity index (χ1n) is 1.51. The van der Waals surface area contributed by atoms with Gasteiger partial charge in [0.15, 0.2) is 0 Å². The van der Waals surface area contributed by atoms with E-state index < -0.39 is 18.1 Å². The van der Waals surface area contributed by atoms with Gasteiger partial charge >= 0.3 is 18.1 Å². The van der Waals surface area contributed by atoms with E-state index in [1.54, 1.807) is 0 Å². The SMILES string of the molecule is NP(=O)(O)OS(=O)(=O)O. The fourth-order valence-electron chi connectivity index (χ4n) is 0.135. The molecule has 56 valence electrons. The minimum Gasteiger partial charge on any atom is -0.312 e. The summed E-state index contributed by atoms with van der Waals surface area (Å²) >= 11 is 0. The van der Waals surface area contributed by atoms with Crippen LogP contribution in [0.2, 0.25) is 0 Å². The standard InChI is InChI=1S/H4NO6PS/c1-8(2,3)7-9(4,5)6/h(H3,1,2,3)(H,4,5,6). The average molecular weight is 177 g/mol. The van der Waals surface area contributed by atoms with E-state index in [2.05, 4.69) is 9.47 Å². The van der Waals surface area contributed by atoms with Crippen molar-refractivity contribution in [3.63, 3.8) is 0 Å². The van der Waals surface area contributed by atoms with Gasteiger partial charge in [-0.1, -0.05) is 0 Å². The molecule has 0 aliphatic carbocycles. The molecule has 0 saturated carbocycles. The van der Waals surface area contributed by atoms with Crippen LogP contribution in [0.15, 0.2) is 0 Å². The third-order valence-electron chi connectivity index (χ3n) is 0.201. The molecule has 9 heteroatoms. The second-order valence-electron chi connectivity index (χ2n) is 1.07. The van der Waals surface area contributed by atoms with Gasteiger partial charge in [0.25, 0.3) is 0 Å². The van der Waals surface area contributed by atoms with Crippen LogP contribution in [-0.2, 0) is 18.9 Å². The van der Waals surface area contributed by atoms with Crippen LogP contribution in [0, 0.1) is 0 Å². The molecular formula is H4NO6PS. The highest BCUT2D eigenvalue weighted by Gasteiger charge is 2.20. The molecule has 0 rings (SSSR count). The monoisotopic (exact) mass is 177 g/mol. The maximum atomic E-state index is 9.80. The van der Waals surface area contributed by atoms with E-state index in [0.717, 1.165) is 0 Å². The van der Waals surface area contributed by atoms with Crippen molar-refractivity contribution in [1.82, 2.24) is 0 Å². The van der Waals surface area contributed by atoms with Crippen LogP contribution >= 0.6 is 7.75 Å². The third kappa shape index (κ3) is 8.02. The minimum absolute atomic E-state index is 3.04. The second kappa shape index (κ2) is 2.33. The predicted molar refractivity (Wildman–Crippen MR) is 26.6 cm³/mol. The minimum atomic E-state index is -4.92. The highest BCUT2D eigenvalue weighted by molar-refractivity contribution is 7.85. The Morgan fingerprint density at radius 1 is 1.56 bits per heavy atom. The van der Waals surface area contributed by atoms with Gasteiger partial charge in [-0.15, -0.1) is 0 Å². The van der Waals surface area contributed by atoms with Crippen LogP contribution in [0.5, 0.6) is 0 Å².